The average Bonchev–Trinajstić information content (AvgIpc) is 4.07. The minimum Gasteiger partial charge on any atom is -0.309 e. The Bertz CT molecular complexity index is 4110. The van der Waals surface area contributed by atoms with E-state index >= 15 is 0 Å². The van der Waals surface area contributed by atoms with Gasteiger partial charge in [0.2, 0.25) is 0 Å². The first-order chi connectivity index (χ1) is 34.8. The average molecular weight is 908 g/mol. The van der Waals surface area contributed by atoms with Gasteiger partial charge in [-0.1, -0.05) is 212 Å². The third kappa shape index (κ3) is 6.00. The van der Waals surface area contributed by atoms with Gasteiger partial charge in [0, 0.05) is 49.4 Å². The number of para-hydroxylation sites is 4. The van der Waals surface area contributed by atoms with Gasteiger partial charge in [-0.2, -0.15) is 0 Å². The van der Waals surface area contributed by atoms with Gasteiger partial charge >= 0.3 is 0 Å². The smallest absolute Gasteiger partial charge is 0.181 e. The molecule has 0 unspecified atom stereocenters. The molecule has 0 spiro atoms. The highest BCUT2D eigenvalue weighted by molar-refractivity contribution is 7.20. The van der Waals surface area contributed by atoms with E-state index in [4.69, 9.17) is 0 Å². The topological polar surface area (TPSA) is 14.8 Å². The van der Waals surface area contributed by atoms with Crippen molar-refractivity contribution in [2.24, 2.45) is 0 Å². The Hall–Kier alpha value is -8.96. The van der Waals surface area contributed by atoms with Crippen LogP contribution in [0.1, 0.15) is 0 Å². The highest BCUT2D eigenvalue weighted by Gasteiger charge is 2.44. The molecule has 14 aromatic rings. The second kappa shape index (κ2) is 16.1. The summed E-state index contributed by atoms with van der Waals surface area (Å²) < 4.78 is 7.54. The van der Waals surface area contributed by atoms with Crippen LogP contribution in [0.15, 0.2) is 273 Å². The van der Waals surface area contributed by atoms with Crippen molar-refractivity contribution in [2.45, 2.75) is 0 Å². The molecule has 0 aliphatic rings. The number of rotatable bonds is 8. The molecule has 0 aliphatic heterocycles. The van der Waals surface area contributed by atoms with Gasteiger partial charge in [-0.25, -0.2) is 0 Å². The predicted octanol–water partition coefficient (Wildman–Crippen LogP) is 14.0. The summed E-state index contributed by atoms with van der Waals surface area (Å²) in [5.41, 5.74) is 13.0. The molecule has 328 valence electrons. The first-order valence-electron chi connectivity index (χ1n) is 24.2. The molecule has 14 rings (SSSR count). The zero-order valence-corrected chi connectivity index (χ0v) is 39.3. The molecule has 0 fully saturated rings. The van der Waals surface area contributed by atoms with Gasteiger partial charge in [0.15, 0.2) is 8.07 Å². The lowest BCUT2D eigenvalue weighted by atomic mass is 10.1. The molecular formula is C66H45N3Si. The lowest BCUT2D eigenvalue weighted by molar-refractivity contribution is 1.15. The Morgan fingerprint density at radius 2 is 0.586 bits per heavy atom. The minimum atomic E-state index is -3.15. The maximum Gasteiger partial charge on any atom is 0.181 e. The minimum absolute atomic E-state index is 1.12. The second-order valence-corrected chi connectivity index (χ2v) is 22.2. The van der Waals surface area contributed by atoms with Crippen molar-refractivity contribution >= 4 is 94.2 Å². The van der Waals surface area contributed by atoms with Gasteiger partial charge in [0.1, 0.15) is 0 Å². The number of benzene rings is 11. The van der Waals surface area contributed by atoms with Crippen molar-refractivity contribution in [2.75, 3.05) is 0 Å². The Balaban J connectivity index is 1.12. The fraction of sp³-hybridized carbons (Fsp3) is 0. The van der Waals surface area contributed by atoms with Gasteiger partial charge in [-0.15, -0.1) is 0 Å². The van der Waals surface area contributed by atoms with Crippen molar-refractivity contribution in [3.05, 3.63) is 273 Å². The van der Waals surface area contributed by atoms with Crippen molar-refractivity contribution in [1.82, 2.24) is 13.7 Å². The molecule has 0 aliphatic carbocycles. The monoisotopic (exact) mass is 907 g/mol. The molecule has 0 atom stereocenters. The number of hydrogen-bond donors (Lipinski definition) is 0. The van der Waals surface area contributed by atoms with Gasteiger partial charge in [0.25, 0.3) is 0 Å². The van der Waals surface area contributed by atoms with Gasteiger partial charge in [0.05, 0.1) is 33.1 Å². The van der Waals surface area contributed by atoms with E-state index in [1.54, 1.807) is 0 Å². The maximum absolute atomic E-state index is 3.15. The van der Waals surface area contributed by atoms with Crippen molar-refractivity contribution < 1.29 is 0 Å². The fourth-order valence-corrected chi connectivity index (χ4v) is 16.7. The zero-order valence-electron chi connectivity index (χ0n) is 38.3. The van der Waals surface area contributed by atoms with Gasteiger partial charge in [-0.05, 0) is 92.5 Å². The molecule has 0 saturated heterocycles. The Morgan fingerprint density at radius 3 is 1.09 bits per heavy atom. The molecule has 70 heavy (non-hydrogen) atoms. The van der Waals surface area contributed by atoms with Crippen LogP contribution in [0.3, 0.4) is 0 Å². The summed E-state index contributed by atoms with van der Waals surface area (Å²) in [5.74, 6) is 0. The fourth-order valence-electron chi connectivity index (χ4n) is 11.8. The molecule has 3 aromatic heterocycles. The summed E-state index contributed by atoms with van der Waals surface area (Å²) in [6.45, 7) is 0. The van der Waals surface area contributed by atoms with Gasteiger partial charge in [-0.3, -0.25) is 0 Å². The molecule has 3 heterocycles. The van der Waals surface area contributed by atoms with Crippen molar-refractivity contribution in [3.63, 3.8) is 0 Å². The molecular weight excluding hydrogens is 863 g/mol. The molecule has 11 aromatic carbocycles. The summed E-state index contributed by atoms with van der Waals surface area (Å²) in [7, 11) is -3.15. The molecule has 0 saturated carbocycles. The summed E-state index contributed by atoms with van der Waals surface area (Å²) in [4.78, 5) is 0. The first kappa shape index (κ1) is 40.1. The molecule has 0 N–H and O–H groups in total. The molecule has 0 amide bonds. The van der Waals surface area contributed by atoms with E-state index in [0.717, 1.165) is 11.4 Å². The first-order valence-corrected chi connectivity index (χ1v) is 26.2. The molecule has 3 nitrogen and oxygen atoms in total. The number of fused-ring (bicyclic) bond motifs is 9. The van der Waals surface area contributed by atoms with E-state index in [-0.39, 0.29) is 0 Å². The standard InChI is InChI=1S/C66H45N3Si/c1-5-21-46(22-6-1)47-37-39-48(40-38-47)67-59-33-17-13-31-55(59)57-42-41-49(43-63(57)67)68-60-34-18-16-32-56(60)58-44-65(69-61-35-19-14-29-53(61)54-30-15-20-36-62(54)69)66(45-64(58)68)70(50-23-7-2-8-24-50,51-25-9-3-10-26-51)52-27-11-4-12-28-52/h1-45H. The third-order valence-electron chi connectivity index (χ3n) is 14.8. The summed E-state index contributed by atoms with van der Waals surface area (Å²) >= 11 is 0. The van der Waals surface area contributed by atoms with E-state index in [1.807, 2.05) is 0 Å². The van der Waals surface area contributed by atoms with Crippen LogP contribution in [0.25, 0.3) is 93.6 Å². The lowest BCUT2D eigenvalue weighted by Gasteiger charge is -2.36. The number of nitrogens with zero attached hydrogens (tertiary/aromatic N) is 3. The van der Waals surface area contributed by atoms with Crippen LogP contribution >= 0.6 is 0 Å². The quantitative estimate of drug-likeness (QED) is 0.107. The normalized spacial score (nSPS) is 12.0. The van der Waals surface area contributed by atoms with E-state index in [2.05, 4.69) is 287 Å². The highest BCUT2D eigenvalue weighted by Crippen LogP contribution is 2.40. The zero-order chi connectivity index (χ0) is 46.2. The van der Waals surface area contributed by atoms with Crippen LogP contribution in [-0.2, 0) is 0 Å². The maximum atomic E-state index is 2.59. The molecule has 0 radical (unpaired) electrons. The van der Waals surface area contributed by atoms with Crippen LogP contribution in [-0.4, -0.2) is 21.8 Å². The number of aromatic nitrogens is 3. The SMILES string of the molecule is c1ccc(-c2ccc(-n3c4ccccc4c4ccc(-n5c6ccccc6c6cc(-n7c8ccccc8c8ccccc87)c([Si](c7ccccc7)(c7ccccc7)c7ccccc7)cc65)cc43)cc2)cc1. The molecule has 4 heteroatoms. The van der Waals surface area contributed by atoms with Crippen LogP contribution in [0.5, 0.6) is 0 Å². The third-order valence-corrected chi connectivity index (χ3v) is 19.6. The summed E-state index contributed by atoms with van der Waals surface area (Å²) in [6.07, 6.45) is 0. The molecule has 0 bridgehead atoms. The Kier molecular flexibility index (Phi) is 9.23. The Morgan fingerprint density at radius 1 is 0.229 bits per heavy atom. The van der Waals surface area contributed by atoms with Crippen LogP contribution in [0, 0.1) is 0 Å². The summed E-state index contributed by atoms with van der Waals surface area (Å²) in [6, 6.07) is 102. The second-order valence-electron chi connectivity index (χ2n) is 18.4. The van der Waals surface area contributed by atoms with E-state index in [0.29, 0.717) is 0 Å². The van der Waals surface area contributed by atoms with Crippen LogP contribution in [0.2, 0.25) is 0 Å². The van der Waals surface area contributed by atoms with E-state index in [1.165, 1.54) is 103 Å². The van der Waals surface area contributed by atoms with Crippen molar-refractivity contribution in [1.29, 1.82) is 0 Å². The largest absolute Gasteiger partial charge is 0.309 e. The summed E-state index contributed by atoms with van der Waals surface area (Å²) in [5, 5.41) is 12.7. The van der Waals surface area contributed by atoms with Crippen LogP contribution in [0.4, 0.5) is 0 Å². The lowest BCUT2D eigenvalue weighted by Crippen LogP contribution is -2.75. The van der Waals surface area contributed by atoms with Gasteiger partial charge < -0.3 is 13.7 Å². The predicted molar refractivity (Wildman–Crippen MR) is 299 cm³/mol. The van der Waals surface area contributed by atoms with Crippen LogP contribution < -0.4 is 20.7 Å². The van der Waals surface area contributed by atoms with Crippen molar-refractivity contribution in [3.8, 4) is 28.2 Å². The van der Waals surface area contributed by atoms with E-state index in [9.17, 15) is 0 Å². The number of hydrogen-bond acceptors (Lipinski definition) is 0. The highest BCUT2D eigenvalue weighted by atomic mass is 28.3. The Labute approximate surface area is 407 Å². The van der Waals surface area contributed by atoms with E-state index < -0.39 is 8.07 Å².